The first-order valence-corrected chi connectivity index (χ1v) is 3.96. The van der Waals surface area contributed by atoms with Crippen LogP contribution in [0, 0.1) is 0 Å². The Morgan fingerprint density at radius 1 is 1.27 bits per heavy atom. The lowest BCUT2D eigenvalue weighted by molar-refractivity contribution is -0.121. The van der Waals surface area contributed by atoms with Crippen molar-refractivity contribution >= 4 is 29.8 Å². The number of carbonyl (C=O) groups excluding carboxylic acids is 1. The van der Waals surface area contributed by atoms with Crippen molar-refractivity contribution < 1.29 is 4.79 Å². The van der Waals surface area contributed by atoms with Gasteiger partial charge in [0.25, 0.3) is 0 Å². The van der Waals surface area contributed by atoms with E-state index < -0.39 is 0 Å². The maximum absolute atomic E-state index is 10.8. The first-order valence-electron chi connectivity index (χ1n) is 3.96. The summed E-state index contributed by atoms with van der Waals surface area (Å²) in [5.74, 6) is 0.428. The average Bonchev–Trinajstić information content (AvgIpc) is 1.88. The molecule has 66 valence electrons. The second-order valence-corrected chi connectivity index (χ2v) is 3.17. The number of carbonyl (C=O) groups is 1. The molecule has 1 aliphatic heterocycles. The molecule has 2 nitrogen and oxygen atoms in total. The van der Waals surface area contributed by atoms with E-state index in [1.54, 1.807) is 0 Å². The van der Waals surface area contributed by atoms with Gasteiger partial charge in [0.05, 0.1) is 0 Å². The molecule has 0 aromatic carbocycles. The number of likely N-dealkylation sites (tertiary alicyclic amines) is 1. The monoisotopic (exact) mass is 269 g/mol. The van der Waals surface area contributed by atoms with Gasteiger partial charge >= 0.3 is 0 Å². The number of halogens is 1. The zero-order valence-corrected chi connectivity index (χ0v) is 9.50. The third-order valence-corrected chi connectivity index (χ3v) is 2.09. The number of piperidine rings is 1. The fraction of sp³-hybridized carbons (Fsp3) is 0.875. The number of ketones is 1. The molecule has 3 heteroatoms. The second-order valence-electron chi connectivity index (χ2n) is 3.17. The topological polar surface area (TPSA) is 20.3 Å². The van der Waals surface area contributed by atoms with Gasteiger partial charge in [0.1, 0.15) is 5.78 Å². The van der Waals surface area contributed by atoms with Crippen molar-refractivity contribution in [2.24, 2.45) is 0 Å². The standard InChI is InChI=1S/C8H15NO.HI/c1-7(2)9-5-3-8(10)4-6-9;/h7H,3-6H2,1-2H3;1H. The van der Waals surface area contributed by atoms with E-state index in [0.29, 0.717) is 11.8 Å². The Morgan fingerprint density at radius 2 is 1.73 bits per heavy atom. The first kappa shape index (κ1) is 11.4. The summed E-state index contributed by atoms with van der Waals surface area (Å²) in [6.07, 6.45) is 1.52. The van der Waals surface area contributed by atoms with Crippen molar-refractivity contribution in [3.63, 3.8) is 0 Å². The third-order valence-electron chi connectivity index (χ3n) is 2.09. The first-order chi connectivity index (χ1) is 4.70. The Labute approximate surface area is 85.4 Å². The summed E-state index contributed by atoms with van der Waals surface area (Å²) >= 11 is 0. The van der Waals surface area contributed by atoms with Crippen LogP contribution in [-0.4, -0.2) is 29.8 Å². The SMILES string of the molecule is CC(C)N1CCC(=O)CC1.I. The van der Waals surface area contributed by atoms with Gasteiger partial charge < -0.3 is 4.90 Å². The number of hydrogen-bond acceptors (Lipinski definition) is 2. The van der Waals surface area contributed by atoms with Crippen LogP contribution < -0.4 is 0 Å². The van der Waals surface area contributed by atoms with E-state index in [1.165, 1.54) is 0 Å². The molecule has 1 saturated heterocycles. The van der Waals surface area contributed by atoms with Gasteiger partial charge in [0, 0.05) is 32.0 Å². The lowest BCUT2D eigenvalue weighted by Crippen LogP contribution is -2.38. The highest BCUT2D eigenvalue weighted by Crippen LogP contribution is 2.08. The zero-order valence-electron chi connectivity index (χ0n) is 7.17. The number of nitrogens with zero attached hydrogens (tertiary/aromatic N) is 1. The molecule has 0 aliphatic carbocycles. The molecule has 11 heavy (non-hydrogen) atoms. The van der Waals surface area contributed by atoms with Crippen LogP contribution in [-0.2, 0) is 4.79 Å². The van der Waals surface area contributed by atoms with Gasteiger partial charge in [-0.05, 0) is 13.8 Å². The van der Waals surface area contributed by atoms with Crippen molar-refractivity contribution in [2.75, 3.05) is 13.1 Å². The van der Waals surface area contributed by atoms with E-state index in [2.05, 4.69) is 18.7 Å². The molecule has 1 rings (SSSR count). The van der Waals surface area contributed by atoms with Crippen LogP contribution >= 0.6 is 24.0 Å². The van der Waals surface area contributed by atoms with Gasteiger partial charge in [-0.1, -0.05) is 0 Å². The van der Waals surface area contributed by atoms with E-state index >= 15 is 0 Å². The van der Waals surface area contributed by atoms with Crippen molar-refractivity contribution in [1.82, 2.24) is 4.90 Å². The normalized spacial score (nSPS) is 20.1. The smallest absolute Gasteiger partial charge is 0.135 e. The third kappa shape index (κ3) is 3.51. The molecule has 0 saturated carbocycles. The average molecular weight is 269 g/mol. The Bertz CT molecular complexity index is 126. The highest BCUT2D eigenvalue weighted by atomic mass is 127. The van der Waals surface area contributed by atoms with Crippen LogP contribution in [0.5, 0.6) is 0 Å². The maximum atomic E-state index is 10.8. The van der Waals surface area contributed by atoms with E-state index in [4.69, 9.17) is 0 Å². The molecular weight excluding hydrogens is 253 g/mol. The Balaban J connectivity index is 0.000001000. The van der Waals surface area contributed by atoms with Gasteiger partial charge in [0.15, 0.2) is 0 Å². The lowest BCUT2D eigenvalue weighted by Gasteiger charge is -2.29. The van der Waals surface area contributed by atoms with Gasteiger partial charge in [-0.2, -0.15) is 0 Å². The Hall–Kier alpha value is 0.360. The van der Waals surface area contributed by atoms with E-state index in [9.17, 15) is 4.79 Å². The predicted octanol–water partition coefficient (Wildman–Crippen LogP) is 1.68. The molecule has 0 bridgehead atoms. The molecule has 1 heterocycles. The van der Waals surface area contributed by atoms with Crippen molar-refractivity contribution in [1.29, 1.82) is 0 Å². The minimum absolute atomic E-state index is 0. The molecule has 0 N–H and O–H groups in total. The minimum Gasteiger partial charge on any atom is -0.300 e. The summed E-state index contributed by atoms with van der Waals surface area (Å²) in [6.45, 7) is 6.29. The number of Topliss-reactive ketones (excluding diaryl/α,β-unsaturated/α-hetero) is 1. The Morgan fingerprint density at radius 3 is 2.09 bits per heavy atom. The van der Waals surface area contributed by atoms with E-state index in [-0.39, 0.29) is 24.0 Å². The van der Waals surface area contributed by atoms with Crippen molar-refractivity contribution in [3.05, 3.63) is 0 Å². The summed E-state index contributed by atoms with van der Waals surface area (Å²) in [6, 6.07) is 0.605. The van der Waals surface area contributed by atoms with Crippen molar-refractivity contribution in [2.45, 2.75) is 32.7 Å². The molecule has 1 fully saturated rings. The van der Waals surface area contributed by atoms with Gasteiger partial charge in [0.2, 0.25) is 0 Å². The summed E-state index contributed by atoms with van der Waals surface area (Å²) in [7, 11) is 0. The van der Waals surface area contributed by atoms with Crippen LogP contribution in [0.25, 0.3) is 0 Å². The van der Waals surface area contributed by atoms with Crippen LogP contribution in [0.15, 0.2) is 0 Å². The Kier molecular flexibility index (Phi) is 5.25. The summed E-state index contributed by atoms with van der Waals surface area (Å²) in [4.78, 5) is 13.2. The van der Waals surface area contributed by atoms with Crippen molar-refractivity contribution in [3.8, 4) is 0 Å². The quantitative estimate of drug-likeness (QED) is 0.675. The molecule has 0 radical (unpaired) electrons. The largest absolute Gasteiger partial charge is 0.300 e. The molecular formula is C8H16INO. The van der Waals surface area contributed by atoms with Crippen LogP contribution in [0.3, 0.4) is 0 Å². The number of rotatable bonds is 1. The van der Waals surface area contributed by atoms with Gasteiger partial charge in [-0.15, -0.1) is 24.0 Å². The molecule has 0 aromatic heterocycles. The highest BCUT2D eigenvalue weighted by Gasteiger charge is 2.17. The van der Waals surface area contributed by atoms with Crippen LogP contribution in [0.1, 0.15) is 26.7 Å². The van der Waals surface area contributed by atoms with Gasteiger partial charge in [-0.3, -0.25) is 4.79 Å². The highest BCUT2D eigenvalue weighted by molar-refractivity contribution is 14.0. The fourth-order valence-corrected chi connectivity index (χ4v) is 1.29. The molecule has 0 unspecified atom stereocenters. The molecule has 0 aromatic rings. The summed E-state index contributed by atoms with van der Waals surface area (Å²) in [5.41, 5.74) is 0. The van der Waals surface area contributed by atoms with E-state index in [0.717, 1.165) is 25.9 Å². The molecule has 1 aliphatic rings. The van der Waals surface area contributed by atoms with Crippen LogP contribution in [0.2, 0.25) is 0 Å². The van der Waals surface area contributed by atoms with Gasteiger partial charge in [-0.25, -0.2) is 0 Å². The van der Waals surface area contributed by atoms with E-state index in [1.807, 2.05) is 0 Å². The minimum atomic E-state index is 0. The number of hydrogen-bond donors (Lipinski definition) is 0. The zero-order chi connectivity index (χ0) is 7.56. The second kappa shape index (κ2) is 5.09. The fourth-order valence-electron chi connectivity index (χ4n) is 1.29. The predicted molar refractivity (Wildman–Crippen MR) is 56.4 cm³/mol. The maximum Gasteiger partial charge on any atom is 0.135 e. The molecule has 0 amide bonds. The lowest BCUT2D eigenvalue weighted by atomic mass is 10.1. The molecule has 0 atom stereocenters. The van der Waals surface area contributed by atoms with Crippen LogP contribution in [0.4, 0.5) is 0 Å². The molecule has 0 spiro atoms. The summed E-state index contributed by atoms with van der Waals surface area (Å²) < 4.78 is 0. The summed E-state index contributed by atoms with van der Waals surface area (Å²) in [5, 5.41) is 0.